The van der Waals surface area contributed by atoms with Crippen molar-refractivity contribution in [2.45, 2.75) is 0 Å². The van der Waals surface area contributed by atoms with Gasteiger partial charge in [-0.05, 0) is 99.8 Å². The van der Waals surface area contributed by atoms with Gasteiger partial charge in [0.2, 0.25) is 0 Å². The van der Waals surface area contributed by atoms with Crippen molar-refractivity contribution in [1.82, 2.24) is 0 Å². The highest BCUT2D eigenvalue weighted by Crippen LogP contribution is 2.43. The number of anilines is 3. The normalized spacial score (nSPS) is 11.7. The lowest BCUT2D eigenvalue weighted by Gasteiger charge is -2.27. The van der Waals surface area contributed by atoms with E-state index >= 15 is 0 Å². The molecule has 2 heterocycles. The van der Waals surface area contributed by atoms with Crippen molar-refractivity contribution in [1.29, 1.82) is 0 Å². The summed E-state index contributed by atoms with van der Waals surface area (Å²) in [5, 5.41) is 7.75. The van der Waals surface area contributed by atoms with E-state index in [-0.39, 0.29) is 0 Å². The van der Waals surface area contributed by atoms with Crippen molar-refractivity contribution in [3.63, 3.8) is 0 Å². The summed E-state index contributed by atoms with van der Waals surface area (Å²) in [5.74, 6) is 0. The van der Waals surface area contributed by atoms with Gasteiger partial charge in [0.1, 0.15) is 0 Å². The number of nitrogens with zero attached hydrogens (tertiary/aromatic N) is 1. The molecule has 230 valence electrons. The molecule has 49 heavy (non-hydrogen) atoms. The Morgan fingerprint density at radius 3 is 1.57 bits per heavy atom. The van der Waals surface area contributed by atoms with Gasteiger partial charge in [-0.2, -0.15) is 0 Å². The second-order valence-corrected chi connectivity index (χ2v) is 14.7. The Balaban J connectivity index is 1.16. The van der Waals surface area contributed by atoms with Gasteiger partial charge in [0.05, 0.1) is 0 Å². The van der Waals surface area contributed by atoms with Crippen LogP contribution >= 0.6 is 22.7 Å². The number of thiophene rings is 2. The van der Waals surface area contributed by atoms with Gasteiger partial charge in [0, 0.05) is 57.4 Å². The Hall–Kier alpha value is -5.74. The molecule has 8 aromatic carbocycles. The summed E-state index contributed by atoms with van der Waals surface area (Å²) in [6.07, 6.45) is 0. The molecular formula is C46H29NS2. The highest BCUT2D eigenvalue weighted by Gasteiger charge is 2.17. The van der Waals surface area contributed by atoms with Crippen molar-refractivity contribution >= 4 is 90.9 Å². The molecule has 0 aliphatic heterocycles. The summed E-state index contributed by atoms with van der Waals surface area (Å²) in [6, 6.07) is 64.6. The summed E-state index contributed by atoms with van der Waals surface area (Å²) in [6.45, 7) is 0. The minimum absolute atomic E-state index is 1.13. The molecule has 0 amide bonds. The maximum Gasteiger partial charge on any atom is 0.0468 e. The summed E-state index contributed by atoms with van der Waals surface area (Å²) < 4.78 is 5.28. The number of fused-ring (bicyclic) bond motifs is 7. The molecule has 0 spiro atoms. The third-order valence-electron chi connectivity index (χ3n) is 9.64. The molecule has 0 fully saturated rings. The highest BCUT2D eigenvalue weighted by atomic mass is 32.1. The number of hydrogen-bond donors (Lipinski definition) is 0. The summed E-state index contributed by atoms with van der Waals surface area (Å²) in [7, 11) is 0. The largest absolute Gasteiger partial charge is 0.310 e. The van der Waals surface area contributed by atoms with Crippen LogP contribution in [0.25, 0.3) is 73.4 Å². The zero-order chi connectivity index (χ0) is 32.3. The smallest absolute Gasteiger partial charge is 0.0468 e. The molecule has 0 N–H and O–H groups in total. The van der Waals surface area contributed by atoms with E-state index in [1.807, 2.05) is 22.7 Å². The number of benzene rings is 8. The van der Waals surface area contributed by atoms with E-state index in [1.165, 1.54) is 73.4 Å². The molecule has 10 aromatic rings. The average Bonchev–Trinajstić information content (AvgIpc) is 3.73. The Morgan fingerprint density at radius 2 is 0.816 bits per heavy atom. The minimum Gasteiger partial charge on any atom is -0.310 e. The van der Waals surface area contributed by atoms with E-state index in [9.17, 15) is 0 Å². The second kappa shape index (κ2) is 11.5. The van der Waals surface area contributed by atoms with Crippen molar-refractivity contribution in [3.05, 3.63) is 176 Å². The van der Waals surface area contributed by atoms with Crippen molar-refractivity contribution in [2.75, 3.05) is 4.90 Å². The van der Waals surface area contributed by atoms with Gasteiger partial charge in [0.15, 0.2) is 0 Å². The van der Waals surface area contributed by atoms with Crippen LogP contribution in [0.4, 0.5) is 17.1 Å². The van der Waals surface area contributed by atoms with Gasteiger partial charge in [-0.1, -0.05) is 109 Å². The van der Waals surface area contributed by atoms with Gasteiger partial charge >= 0.3 is 0 Å². The van der Waals surface area contributed by atoms with Crippen LogP contribution in [0.1, 0.15) is 0 Å². The third kappa shape index (κ3) is 4.82. The lowest BCUT2D eigenvalue weighted by molar-refractivity contribution is 1.29. The number of hydrogen-bond acceptors (Lipinski definition) is 3. The fourth-order valence-corrected chi connectivity index (χ4v) is 9.49. The highest BCUT2D eigenvalue weighted by molar-refractivity contribution is 7.26. The zero-order valence-corrected chi connectivity index (χ0v) is 28.1. The van der Waals surface area contributed by atoms with E-state index in [2.05, 4.69) is 181 Å². The molecule has 3 heteroatoms. The molecule has 0 radical (unpaired) electrons. The van der Waals surface area contributed by atoms with Crippen LogP contribution in [0.5, 0.6) is 0 Å². The maximum atomic E-state index is 2.42. The molecule has 0 bridgehead atoms. The second-order valence-electron chi connectivity index (χ2n) is 12.6. The monoisotopic (exact) mass is 659 g/mol. The molecule has 10 rings (SSSR count). The summed E-state index contributed by atoms with van der Waals surface area (Å²) >= 11 is 3.72. The zero-order valence-electron chi connectivity index (χ0n) is 26.5. The molecule has 0 aliphatic rings. The van der Waals surface area contributed by atoms with E-state index in [0.717, 1.165) is 17.1 Å². The Kier molecular flexibility index (Phi) is 6.61. The minimum atomic E-state index is 1.13. The van der Waals surface area contributed by atoms with Crippen LogP contribution in [0.15, 0.2) is 176 Å². The first kappa shape index (κ1) is 28.3. The molecule has 2 aromatic heterocycles. The van der Waals surface area contributed by atoms with Crippen LogP contribution in [0.3, 0.4) is 0 Å². The van der Waals surface area contributed by atoms with Crippen molar-refractivity contribution in [2.24, 2.45) is 0 Å². The van der Waals surface area contributed by atoms with Gasteiger partial charge in [-0.3, -0.25) is 0 Å². The lowest BCUT2D eigenvalue weighted by Crippen LogP contribution is -2.10. The summed E-state index contributed by atoms with van der Waals surface area (Å²) in [4.78, 5) is 2.42. The fraction of sp³-hybridized carbons (Fsp3) is 0. The van der Waals surface area contributed by atoms with Crippen LogP contribution in [0, 0.1) is 0 Å². The van der Waals surface area contributed by atoms with Crippen LogP contribution in [-0.2, 0) is 0 Å². The van der Waals surface area contributed by atoms with E-state index in [1.54, 1.807) is 0 Å². The van der Waals surface area contributed by atoms with Gasteiger partial charge in [-0.15, -0.1) is 22.7 Å². The molecule has 0 atom stereocenters. The lowest BCUT2D eigenvalue weighted by atomic mass is 9.97. The molecule has 1 nitrogen and oxygen atoms in total. The standard InChI is InChI=1S/C46H29NS2/c1-2-16-37-30(10-1)11-9-19-38(37)33-13-8-15-35(27-33)47(36-23-25-46-42(29-36)40-18-4-6-21-44(40)49-46)34-14-7-12-31(26-34)32-22-24-45-41(28-32)39-17-3-5-20-43(39)48-45/h1-29H. The molecular weight excluding hydrogens is 631 g/mol. The first-order chi connectivity index (χ1) is 24.3. The third-order valence-corrected chi connectivity index (χ3v) is 11.9. The van der Waals surface area contributed by atoms with Crippen molar-refractivity contribution in [3.8, 4) is 22.3 Å². The topological polar surface area (TPSA) is 3.24 Å². The Bertz CT molecular complexity index is 2850. The van der Waals surface area contributed by atoms with Gasteiger partial charge < -0.3 is 4.90 Å². The molecule has 0 saturated heterocycles. The van der Waals surface area contributed by atoms with Gasteiger partial charge in [0.25, 0.3) is 0 Å². The van der Waals surface area contributed by atoms with Crippen LogP contribution < -0.4 is 4.90 Å². The number of rotatable bonds is 5. The summed E-state index contributed by atoms with van der Waals surface area (Å²) in [5.41, 5.74) is 8.26. The molecule has 0 saturated carbocycles. The average molecular weight is 660 g/mol. The SMILES string of the molecule is c1cc(-c2ccc3sc4ccccc4c3c2)cc(N(c2cccc(-c3cccc4ccccc34)c2)c2ccc3sc4ccccc4c3c2)c1. The van der Waals surface area contributed by atoms with Crippen LogP contribution in [-0.4, -0.2) is 0 Å². The molecule has 0 unspecified atom stereocenters. The molecule has 0 aliphatic carbocycles. The van der Waals surface area contributed by atoms with Crippen molar-refractivity contribution < 1.29 is 0 Å². The predicted molar refractivity (Wildman–Crippen MR) is 215 cm³/mol. The first-order valence-corrected chi connectivity index (χ1v) is 18.2. The first-order valence-electron chi connectivity index (χ1n) is 16.6. The van der Waals surface area contributed by atoms with Gasteiger partial charge in [-0.25, -0.2) is 0 Å². The van der Waals surface area contributed by atoms with E-state index in [0.29, 0.717) is 0 Å². The van der Waals surface area contributed by atoms with E-state index < -0.39 is 0 Å². The van der Waals surface area contributed by atoms with Crippen LogP contribution in [0.2, 0.25) is 0 Å². The maximum absolute atomic E-state index is 2.42. The van der Waals surface area contributed by atoms with E-state index in [4.69, 9.17) is 0 Å². The fourth-order valence-electron chi connectivity index (χ4n) is 7.32. The predicted octanol–water partition coefficient (Wildman–Crippen LogP) is 14.4. The quantitative estimate of drug-likeness (QED) is 0.178. The Labute approximate surface area is 292 Å². The Morgan fingerprint density at radius 1 is 0.306 bits per heavy atom.